The molecule has 1 saturated carbocycles. The number of hydrogen-bond acceptors (Lipinski definition) is 3. The molecule has 2 rings (SSSR count). The Kier molecular flexibility index (Phi) is 5.43. The summed E-state index contributed by atoms with van der Waals surface area (Å²) in [6.45, 7) is 9.54. The van der Waals surface area contributed by atoms with E-state index in [0.717, 1.165) is 13.0 Å². The average molecular weight is 291 g/mol. The van der Waals surface area contributed by atoms with E-state index >= 15 is 0 Å². The molecule has 2 unspecified atom stereocenters. The fourth-order valence-electron chi connectivity index (χ4n) is 3.40. The smallest absolute Gasteiger partial charge is 0.293 e. The lowest BCUT2D eigenvalue weighted by Crippen LogP contribution is -2.38. The Labute approximate surface area is 128 Å². The highest BCUT2D eigenvalue weighted by molar-refractivity contribution is 5.32. The molecule has 1 aromatic rings. The molecule has 0 bridgehead atoms. The van der Waals surface area contributed by atoms with Crippen LogP contribution in [0.4, 0.5) is 5.82 Å². The van der Waals surface area contributed by atoms with Crippen LogP contribution in [0.3, 0.4) is 0 Å². The molecule has 0 aromatic carbocycles. The highest BCUT2D eigenvalue weighted by Gasteiger charge is 2.28. The Morgan fingerprint density at radius 1 is 1.29 bits per heavy atom. The Morgan fingerprint density at radius 3 is 2.67 bits per heavy atom. The van der Waals surface area contributed by atoms with Gasteiger partial charge in [0.2, 0.25) is 0 Å². The highest BCUT2D eigenvalue weighted by atomic mass is 16.1. The van der Waals surface area contributed by atoms with Gasteiger partial charge in [0.15, 0.2) is 5.82 Å². The summed E-state index contributed by atoms with van der Waals surface area (Å²) in [6.07, 6.45) is 8.47. The first-order chi connectivity index (χ1) is 9.99. The molecular formula is C17H29N3O. The van der Waals surface area contributed by atoms with E-state index in [9.17, 15) is 4.79 Å². The lowest BCUT2D eigenvalue weighted by molar-refractivity contribution is 0.253. The summed E-state index contributed by atoms with van der Waals surface area (Å²) in [6, 6.07) is 0.383. The van der Waals surface area contributed by atoms with Crippen molar-refractivity contribution in [1.29, 1.82) is 0 Å². The van der Waals surface area contributed by atoms with Crippen molar-refractivity contribution >= 4 is 5.82 Å². The second-order valence-corrected chi connectivity index (χ2v) is 7.07. The molecule has 0 radical (unpaired) electrons. The van der Waals surface area contributed by atoms with Gasteiger partial charge in [0, 0.05) is 25.0 Å². The maximum atomic E-state index is 12.5. The van der Waals surface area contributed by atoms with Gasteiger partial charge in [0.05, 0.1) is 0 Å². The van der Waals surface area contributed by atoms with E-state index in [4.69, 9.17) is 0 Å². The highest BCUT2D eigenvalue weighted by Crippen LogP contribution is 2.31. The zero-order valence-electron chi connectivity index (χ0n) is 13.8. The van der Waals surface area contributed by atoms with Crippen LogP contribution >= 0.6 is 0 Å². The fraction of sp³-hybridized carbons (Fsp3) is 0.765. The monoisotopic (exact) mass is 291 g/mol. The van der Waals surface area contributed by atoms with Crippen LogP contribution in [-0.4, -0.2) is 15.6 Å². The molecule has 2 atom stereocenters. The third-order valence-corrected chi connectivity index (χ3v) is 4.47. The first-order valence-electron chi connectivity index (χ1n) is 8.31. The number of nitrogens with one attached hydrogen (secondary N) is 1. The van der Waals surface area contributed by atoms with E-state index in [2.05, 4.69) is 38.0 Å². The summed E-state index contributed by atoms with van der Waals surface area (Å²) >= 11 is 0. The molecule has 1 fully saturated rings. The van der Waals surface area contributed by atoms with Crippen LogP contribution in [0.15, 0.2) is 17.2 Å². The summed E-state index contributed by atoms with van der Waals surface area (Å²) in [4.78, 5) is 16.8. The quantitative estimate of drug-likeness (QED) is 0.903. The molecule has 0 amide bonds. The number of nitrogens with zero attached hydrogens (tertiary/aromatic N) is 2. The van der Waals surface area contributed by atoms with Crippen molar-refractivity contribution in [2.24, 2.45) is 17.8 Å². The van der Waals surface area contributed by atoms with E-state index in [1.165, 1.54) is 19.3 Å². The molecule has 0 saturated heterocycles. The molecule has 1 aliphatic carbocycles. The summed E-state index contributed by atoms with van der Waals surface area (Å²) in [7, 11) is 0. The van der Waals surface area contributed by atoms with E-state index in [1.54, 1.807) is 17.0 Å². The van der Waals surface area contributed by atoms with Crippen LogP contribution in [0.1, 0.15) is 53.4 Å². The molecule has 1 aliphatic rings. The van der Waals surface area contributed by atoms with Crippen LogP contribution in [0, 0.1) is 17.8 Å². The van der Waals surface area contributed by atoms with Crippen LogP contribution < -0.4 is 10.9 Å². The minimum atomic E-state index is 0.0132. The maximum absolute atomic E-state index is 12.5. The van der Waals surface area contributed by atoms with Crippen molar-refractivity contribution < 1.29 is 0 Å². The van der Waals surface area contributed by atoms with Crippen LogP contribution in [0.2, 0.25) is 0 Å². The molecule has 1 N–H and O–H groups in total. The van der Waals surface area contributed by atoms with Crippen LogP contribution in [-0.2, 0) is 6.54 Å². The normalized spacial score (nSPS) is 22.8. The Balaban J connectivity index is 2.16. The zero-order valence-corrected chi connectivity index (χ0v) is 13.8. The van der Waals surface area contributed by atoms with Crippen molar-refractivity contribution in [2.45, 2.75) is 66.0 Å². The SMILES string of the molecule is CC(C)Cn1ccnc(NC2CCCCC2C(C)C)c1=O. The summed E-state index contributed by atoms with van der Waals surface area (Å²) in [5.74, 6) is 2.26. The molecular weight excluding hydrogens is 262 g/mol. The van der Waals surface area contributed by atoms with E-state index < -0.39 is 0 Å². The zero-order chi connectivity index (χ0) is 15.4. The predicted molar refractivity (Wildman–Crippen MR) is 87.5 cm³/mol. The van der Waals surface area contributed by atoms with Gasteiger partial charge in [-0.05, 0) is 30.6 Å². The molecule has 4 nitrogen and oxygen atoms in total. The van der Waals surface area contributed by atoms with Crippen molar-refractivity contribution in [1.82, 2.24) is 9.55 Å². The molecule has 4 heteroatoms. The number of hydrogen-bond donors (Lipinski definition) is 1. The Hall–Kier alpha value is -1.32. The van der Waals surface area contributed by atoms with Gasteiger partial charge in [-0.25, -0.2) is 4.98 Å². The molecule has 0 aliphatic heterocycles. The van der Waals surface area contributed by atoms with Crippen molar-refractivity contribution in [2.75, 3.05) is 5.32 Å². The minimum Gasteiger partial charge on any atom is -0.362 e. The van der Waals surface area contributed by atoms with Gasteiger partial charge in [-0.2, -0.15) is 0 Å². The van der Waals surface area contributed by atoms with Gasteiger partial charge in [0.25, 0.3) is 5.56 Å². The Morgan fingerprint density at radius 2 is 2.00 bits per heavy atom. The van der Waals surface area contributed by atoms with Gasteiger partial charge in [-0.3, -0.25) is 4.79 Å². The Bertz CT molecular complexity index is 507. The standard InChI is InChI=1S/C17H29N3O/c1-12(2)11-20-10-9-18-16(17(20)21)19-15-8-6-5-7-14(15)13(3)4/h9-10,12-15H,5-8,11H2,1-4H3,(H,18,19). The van der Waals surface area contributed by atoms with Crippen molar-refractivity contribution in [3.63, 3.8) is 0 Å². The number of rotatable bonds is 5. The largest absolute Gasteiger partial charge is 0.362 e. The predicted octanol–water partition coefficient (Wildman–Crippen LogP) is 3.53. The molecule has 0 spiro atoms. The molecule has 1 aromatic heterocycles. The van der Waals surface area contributed by atoms with Gasteiger partial charge in [-0.1, -0.05) is 40.5 Å². The lowest BCUT2D eigenvalue weighted by atomic mass is 9.78. The van der Waals surface area contributed by atoms with Crippen LogP contribution in [0.5, 0.6) is 0 Å². The fourth-order valence-corrected chi connectivity index (χ4v) is 3.40. The second kappa shape index (κ2) is 7.10. The topological polar surface area (TPSA) is 46.9 Å². The molecule has 118 valence electrons. The third kappa shape index (κ3) is 4.08. The van der Waals surface area contributed by atoms with Crippen molar-refractivity contribution in [3.8, 4) is 0 Å². The lowest BCUT2D eigenvalue weighted by Gasteiger charge is -2.35. The second-order valence-electron chi connectivity index (χ2n) is 7.07. The number of aromatic nitrogens is 2. The summed E-state index contributed by atoms with van der Waals surface area (Å²) in [5.41, 5.74) is 0.0132. The van der Waals surface area contributed by atoms with Crippen molar-refractivity contribution in [3.05, 3.63) is 22.7 Å². The minimum absolute atomic E-state index is 0.0132. The first-order valence-corrected chi connectivity index (χ1v) is 8.31. The molecule has 21 heavy (non-hydrogen) atoms. The van der Waals surface area contributed by atoms with Gasteiger partial charge >= 0.3 is 0 Å². The summed E-state index contributed by atoms with van der Waals surface area (Å²) < 4.78 is 1.77. The van der Waals surface area contributed by atoms with E-state index in [1.807, 2.05) is 0 Å². The summed E-state index contributed by atoms with van der Waals surface area (Å²) in [5, 5.41) is 3.45. The van der Waals surface area contributed by atoms with Crippen LogP contribution in [0.25, 0.3) is 0 Å². The van der Waals surface area contributed by atoms with Gasteiger partial charge in [-0.15, -0.1) is 0 Å². The van der Waals surface area contributed by atoms with Gasteiger partial charge < -0.3 is 9.88 Å². The van der Waals surface area contributed by atoms with Gasteiger partial charge in [0.1, 0.15) is 0 Å². The third-order valence-electron chi connectivity index (χ3n) is 4.47. The molecule has 1 heterocycles. The first kappa shape index (κ1) is 16.1. The van der Waals surface area contributed by atoms with E-state index in [0.29, 0.717) is 29.6 Å². The van der Waals surface area contributed by atoms with E-state index in [-0.39, 0.29) is 5.56 Å². The number of anilines is 1. The maximum Gasteiger partial charge on any atom is 0.293 e. The average Bonchev–Trinajstić information content (AvgIpc) is 2.43.